The molecule has 0 aliphatic carbocycles. The molecule has 8 heteroatoms. The Bertz CT molecular complexity index is 1390. The van der Waals surface area contributed by atoms with Gasteiger partial charge in [0.2, 0.25) is 0 Å². The molecule has 0 bridgehead atoms. The van der Waals surface area contributed by atoms with Crippen molar-refractivity contribution in [3.05, 3.63) is 100 Å². The number of amides is 2. The quantitative estimate of drug-likeness (QED) is 0.282. The number of hydrogen-bond donors (Lipinski definition) is 0. The highest BCUT2D eigenvalue weighted by Gasteiger charge is 2.30. The summed E-state index contributed by atoms with van der Waals surface area (Å²) in [6.45, 7) is 3.38. The van der Waals surface area contributed by atoms with E-state index in [0.717, 1.165) is 26.7 Å². The summed E-state index contributed by atoms with van der Waals surface area (Å²) >= 11 is 1.62. The third-order valence-electron chi connectivity index (χ3n) is 6.22. The lowest BCUT2D eigenvalue weighted by molar-refractivity contribution is 0.0983. The largest absolute Gasteiger partial charge is 0.326 e. The summed E-state index contributed by atoms with van der Waals surface area (Å²) in [6.07, 6.45) is 2.54. The van der Waals surface area contributed by atoms with Gasteiger partial charge in [0.1, 0.15) is 16.6 Å². The Morgan fingerprint density at radius 1 is 1.06 bits per heavy atom. The van der Waals surface area contributed by atoms with Crippen molar-refractivity contribution in [1.29, 1.82) is 0 Å². The van der Waals surface area contributed by atoms with Crippen LogP contribution >= 0.6 is 11.3 Å². The lowest BCUT2D eigenvalue weighted by atomic mass is 10.1. The zero-order valence-electron chi connectivity index (χ0n) is 19.9. The summed E-state index contributed by atoms with van der Waals surface area (Å²) in [6, 6.07) is 19.4. The highest BCUT2D eigenvalue weighted by atomic mass is 32.1. The molecule has 182 valence electrons. The maximum atomic E-state index is 13.2. The van der Waals surface area contributed by atoms with Crippen LogP contribution in [0.1, 0.15) is 32.9 Å². The van der Waals surface area contributed by atoms with Crippen molar-refractivity contribution in [2.75, 3.05) is 18.0 Å². The van der Waals surface area contributed by atoms with E-state index >= 15 is 0 Å². The summed E-state index contributed by atoms with van der Waals surface area (Å²) in [5.74, 6) is 0.163. The maximum absolute atomic E-state index is 13.2. The normalized spacial score (nSPS) is 13.4. The predicted octanol–water partition coefficient (Wildman–Crippen LogP) is 5.91. The third kappa shape index (κ3) is 5.18. The average molecular weight is 501 g/mol. The van der Waals surface area contributed by atoms with Crippen molar-refractivity contribution in [2.45, 2.75) is 26.3 Å². The maximum Gasteiger partial charge on any atom is 0.326 e. The first-order valence-corrected chi connectivity index (χ1v) is 12.6. The fraction of sp³-hybridized carbons (Fsp3) is 0.214. The molecule has 1 saturated heterocycles. The van der Waals surface area contributed by atoms with Gasteiger partial charge in [-0.1, -0.05) is 42.5 Å². The first kappa shape index (κ1) is 23.8. The Morgan fingerprint density at radius 2 is 1.83 bits per heavy atom. The number of Topliss-reactive ketones (excluding diaryl/α,β-unsaturated/α-hetero) is 1. The monoisotopic (exact) mass is 500 g/mol. The fourth-order valence-corrected chi connectivity index (χ4v) is 5.29. The molecule has 3 heterocycles. The number of rotatable bonds is 8. The van der Waals surface area contributed by atoms with Gasteiger partial charge in [-0.3, -0.25) is 9.69 Å². The SMILES string of the molecule is Cc1nc(-c2ccccc2)sc1CCC(=O)c1ccnc(N2CCN(Cc3ccc(F)cc3)C2=O)c1. The van der Waals surface area contributed by atoms with Crippen LogP contribution in [-0.4, -0.2) is 39.8 Å². The van der Waals surface area contributed by atoms with Crippen molar-refractivity contribution in [3.8, 4) is 10.6 Å². The summed E-state index contributed by atoms with van der Waals surface area (Å²) < 4.78 is 13.2. The smallest absolute Gasteiger partial charge is 0.318 e. The molecule has 1 aliphatic heterocycles. The molecule has 0 radical (unpaired) electrons. The molecule has 0 saturated carbocycles. The second-order valence-corrected chi connectivity index (χ2v) is 9.79. The third-order valence-corrected chi connectivity index (χ3v) is 7.48. The molecule has 2 amide bonds. The van der Waals surface area contributed by atoms with E-state index < -0.39 is 0 Å². The number of ketones is 1. The minimum atomic E-state index is -0.305. The molecule has 0 unspecified atom stereocenters. The second kappa shape index (κ2) is 10.4. The zero-order valence-corrected chi connectivity index (χ0v) is 20.7. The van der Waals surface area contributed by atoms with Crippen LogP contribution in [0.25, 0.3) is 10.6 Å². The van der Waals surface area contributed by atoms with Gasteiger partial charge in [0, 0.05) is 48.3 Å². The molecular weight excluding hydrogens is 475 g/mol. The number of thiazole rings is 1. The number of halogens is 1. The van der Waals surface area contributed by atoms with Gasteiger partial charge in [-0.05, 0) is 43.2 Å². The van der Waals surface area contributed by atoms with Crippen LogP contribution in [0.4, 0.5) is 15.0 Å². The Labute approximate surface area is 213 Å². The zero-order chi connectivity index (χ0) is 25.1. The topological polar surface area (TPSA) is 66.4 Å². The van der Waals surface area contributed by atoms with Gasteiger partial charge in [-0.2, -0.15) is 0 Å². The summed E-state index contributed by atoms with van der Waals surface area (Å²) in [5, 5.41) is 0.958. The number of nitrogens with zero attached hydrogens (tertiary/aromatic N) is 4. The van der Waals surface area contributed by atoms with E-state index in [1.54, 1.807) is 51.6 Å². The van der Waals surface area contributed by atoms with Gasteiger partial charge in [0.05, 0.1) is 5.69 Å². The molecule has 2 aromatic heterocycles. The van der Waals surface area contributed by atoms with Crippen molar-refractivity contribution in [2.24, 2.45) is 0 Å². The fourth-order valence-electron chi connectivity index (χ4n) is 4.23. The number of carbonyl (C=O) groups is 2. The molecule has 1 fully saturated rings. The number of pyridine rings is 1. The lowest BCUT2D eigenvalue weighted by Gasteiger charge is -2.18. The molecule has 2 aromatic carbocycles. The molecule has 6 nitrogen and oxygen atoms in total. The molecule has 4 aromatic rings. The van der Waals surface area contributed by atoms with Crippen molar-refractivity contribution in [3.63, 3.8) is 0 Å². The van der Waals surface area contributed by atoms with E-state index in [1.165, 1.54) is 12.1 Å². The van der Waals surface area contributed by atoms with E-state index in [9.17, 15) is 14.0 Å². The van der Waals surface area contributed by atoms with E-state index in [1.807, 2.05) is 37.3 Å². The Morgan fingerprint density at radius 3 is 2.61 bits per heavy atom. The van der Waals surface area contributed by atoms with Gasteiger partial charge < -0.3 is 4.90 Å². The number of aromatic nitrogens is 2. The number of aryl methyl sites for hydroxylation is 2. The van der Waals surface area contributed by atoms with Crippen molar-refractivity contribution in [1.82, 2.24) is 14.9 Å². The van der Waals surface area contributed by atoms with E-state index in [-0.39, 0.29) is 17.6 Å². The Kier molecular flexibility index (Phi) is 6.86. The van der Waals surface area contributed by atoms with Crippen LogP contribution in [-0.2, 0) is 13.0 Å². The predicted molar refractivity (Wildman–Crippen MR) is 139 cm³/mol. The van der Waals surface area contributed by atoms with Gasteiger partial charge >= 0.3 is 6.03 Å². The van der Waals surface area contributed by atoms with Gasteiger partial charge in [-0.15, -0.1) is 11.3 Å². The van der Waals surface area contributed by atoms with E-state index in [2.05, 4.69) is 9.97 Å². The van der Waals surface area contributed by atoms with E-state index in [0.29, 0.717) is 43.9 Å². The Balaban J connectivity index is 1.23. The minimum absolute atomic E-state index is 0.00234. The molecule has 5 rings (SSSR count). The lowest BCUT2D eigenvalue weighted by Crippen LogP contribution is -2.32. The second-order valence-electron chi connectivity index (χ2n) is 8.70. The van der Waals surface area contributed by atoms with Crippen LogP contribution in [0.3, 0.4) is 0 Å². The molecule has 36 heavy (non-hydrogen) atoms. The molecular formula is C28H25FN4O2S. The molecule has 0 N–H and O–H groups in total. The number of carbonyl (C=O) groups excluding carboxylic acids is 2. The first-order valence-electron chi connectivity index (χ1n) is 11.8. The summed E-state index contributed by atoms with van der Waals surface area (Å²) in [4.78, 5) is 39.4. The highest BCUT2D eigenvalue weighted by molar-refractivity contribution is 7.15. The van der Waals surface area contributed by atoms with E-state index in [4.69, 9.17) is 0 Å². The van der Waals surface area contributed by atoms with Crippen LogP contribution in [0, 0.1) is 12.7 Å². The molecule has 0 spiro atoms. The minimum Gasteiger partial charge on any atom is -0.318 e. The van der Waals surface area contributed by atoms with Crippen LogP contribution in [0.5, 0.6) is 0 Å². The first-order chi connectivity index (χ1) is 17.5. The standard InChI is InChI=1S/C28H25FN4O2S/c1-19-25(36-27(31-19)21-5-3-2-4-6-21)12-11-24(34)22-13-14-30-26(17-22)33-16-15-32(28(33)35)18-20-7-9-23(29)10-8-20/h2-10,13-14,17H,11-12,15-16,18H2,1H3. The van der Waals surface area contributed by atoms with Crippen LogP contribution in [0.15, 0.2) is 72.9 Å². The van der Waals surface area contributed by atoms with Gasteiger partial charge in [0.15, 0.2) is 5.78 Å². The van der Waals surface area contributed by atoms with Crippen molar-refractivity contribution < 1.29 is 14.0 Å². The molecule has 1 aliphatic rings. The Hall–Kier alpha value is -3.91. The van der Waals surface area contributed by atoms with Gasteiger partial charge in [-0.25, -0.2) is 19.2 Å². The highest BCUT2D eigenvalue weighted by Crippen LogP contribution is 2.29. The van der Waals surface area contributed by atoms with Gasteiger partial charge in [0.25, 0.3) is 0 Å². The number of anilines is 1. The number of hydrogen-bond acceptors (Lipinski definition) is 5. The summed E-state index contributed by atoms with van der Waals surface area (Å²) in [7, 11) is 0. The summed E-state index contributed by atoms with van der Waals surface area (Å²) in [5.41, 5.74) is 3.42. The van der Waals surface area contributed by atoms with Crippen LogP contribution < -0.4 is 4.90 Å². The number of urea groups is 1. The molecule has 0 atom stereocenters. The van der Waals surface area contributed by atoms with Crippen LogP contribution in [0.2, 0.25) is 0 Å². The average Bonchev–Trinajstić information content (AvgIpc) is 3.46. The number of benzene rings is 2. The van der Waals surface area contributed by atoms with Crippen molar-refractivity contribution >= 4 is 29.0 Å².